The molecule has 3 heteroatoms. The molecule has 1 nitrogen and oxygen atoms in total. The summed E-state index contributed by atoms with van der Waals surface area (Å²) < 4.78 is 1.10. The summed E-state index contributed by atoms with van der Waals surface area (Å²) in [5.74, 6) is 0.571. The van der Waals surface area contributed by atoms with E-state index in [1.807, 2.05) is 0 Å². The van der Waals surface area contributed by atoms with E-state index in [0.717, 1.165) is 11.0 Å². The van der Waals surface area contributed by atoms with Gasteiger partial charge in [0.2, 0.25) is 0 Å². The molecule has 16 heavy (non-hydrogen) atoms. The maximum absolute atomic E-state index is 6.03. The quantitative estimate of drug-likeness (QED) is 0.724. The van der Waals surface area contributed by atoms with Gasteiger partial charge in [-0.3, -0.25) is 0 Å². The predicted octanol–water partition coefficient (Wildman–Crippen LogP) is 4.57. The molecule has 1 aromatic carbocycles. The molecule has 2 rings (SSSR count). The van der Waals surface area contributed by atoms with Crippen molar-refractivity contribution in [1.29, 1.82) is 0 Å². The number of benzene rings is 1. The lowest BCUT2D eigenvalue weighted by atomic mass is 10.0. The van der Waals surface area contributed by atoms with Gasteiger partial charge in [-0.05, 0) is 50.5 Å². The van der Waals surface area contributed by atoms with Crippen LogP contribution < -0.4 is 4.90 Å². The summed E-state index contributed by atoms with van der Waals surface area (Å²) in [5, 5.41) is 0. The fourth-order valence-electron chi connectivity index (χ4n) is 2.48. The van der Waals surface area contributed by atoms with E-state index in [4.69, 9.17) is 11.6 Å². The van der Waals surface area contributed by atoms with E-state index in [0.29, 0.717) is 5.88 Å². The second-order valence-electron chi connectivity index (χ2n) is 4.97. The Kier molecular flexibility index (Phi) is 3.50. The van der Waals surface area contributed by atoms with Crippen LogP contribution in [0.2, 0.25) is 0 Å². The minimum atomic E-state index is 0.259. The fraction of sp³-hybridized carbons (Fsp3) is 0.538. The molecule has 0 unspecified atom stereocenters. The van der Waals surface area contributed by atoms with Crippen molar-refractivity contribution in [2.24, 2.45) is 0 Å². The first-order valence-corrected chi connectivity index (χ1v) is 6.99. The molecule has 0 saturated carbocycles. The van der Waals surface area contributed by atoms with Gasteiger partial charge >= 0.3 is 0 Å². The van der Waals surface area contributed by atoms with Gasteiger partial charge in [0.1, 0.15) is 0 Å². The highest BCUT2D eigenvalue weighted by Gasteiger charge is 2.32. The van der Waals surface area contributed by atoms with Crippen LogP contribution >= 0.6 is 27.5 Å². The molecule has 0 aromatic heterocycles. The maximum Gasteiger partial charge on any atom is 0.0494 e. The van der Waals surface area contributed by atoms with Gasteiger partial charge in [0.05, 0.1) is 0 Å². The molecule has 0 radical (unpaired) electrons. The van der Waals surface area contributed by atoms with Gasteiger partial charge in [-0.2, -0.15) is 0 Å². The lowest BCUT2D eigenvalue weighted by molar-refractivity contribution is 0.517. The highest BCUT2D eigenvalue weighted by atomic mass is 79.9. The maximum atomic E-state index is 6.03. The Labute approximate surface area is 111 Å². The van der Waals surface area contributed by atoms with Crippen LogP contribution in [0.4, 0.5) is 5.69 Å². The lowest BCUT2D eigenvalue weighted by Gasteiger charge is -2.35. The Morgan fingerprint density at radius 1 is 1.44 bits per heavy atom. The van der Waals surface area contributed by atoms with Gasteiger partial charge in [0.25, 0.3) is 0 Å². The number of nitrogens with zero attached hydrogens (tertiary/aromatic N) is 1. The van der Waals surface area contributed by atoms with Crippen LogP contribution in [-0.4, -0.2) is 12.1 Å². The Morgan fingerprint density at radius 2 is 2.19 bits per heavy atom. The van der Waals surface area contributed by atoms with E-state index in [1.54, 1.807) is 0 Å². The van der Waals surface area contributed by atoms with Crippen molar-refractivity contribution in [1.82, 2.24) is 0 Å². The first-order chi connectivity index (χ1) is 7.54. The van der Waals surface area contributed by atoms with Gasteiger partial charge in [-0.1, -0.05) is 15.9 Å². The van der Waals surface area contributed by atoms with Gasteiger partial charge in [0.15, 0.2) is 0 Å². The van der Waals surface area contributed by atoms with Gasteiger partial charge < -0.3 is 4.90 Å². The largest absolute Gasteiger partial charge is 0.366 e. The van der Waals surface area contributed by atoms with Crippen molar-refractivity contribution >= 4 is 33.2 Å². The van der Waals surface area contributed by atoms with Crippen molar-refractivity contribution in [2.45, 2.75) is 38.1 Å². The summed E-state index contributed by atoms with van der Waals surface area (Å²) in [6, 6.07) is 6.39. The van der Waals surface area contributed by atoms with Crippen molar-refractivity contribution in [3.63, 3.8) is 0 Å². The first-order valence-electron chi connectivity index (χ1n) is 5.66. The van der Waals surface area contributed by atoms with Crippen LogP contribution in [0.1, 0.15) is 32.3 Å². The van der Waals surface area contributed by atoms with Crippen LogP contribution in [-0.2, 0) is 5.88 Å². The zero-order valence-electron chi connectivity index (χ0n) is 9.76. The van der Waals surface area contributed by atoms with E-state index < -0.39 is 0 Å². The monoisotopic (exact) mass is 301 g/mol. The summed E-state index contributed by atoms with van der Waals surface area (Å²) in [6.07, 6.45) is 2.52. The molecule has 1 aromatic rings. The number of rotatable bonds is 2. The number of hydrogen-bond donors (Lipinski definition) is 0. The van der Waals surface area contributed by atoms with E-state index in [-0.39, 0.29) is 5.54 Å². The molecule has 1 fully saturated rings. The third kappa shape index (κ3) is 2.23. The van der Waals surface area contributed by atoms with E-state index in [9.17, 15) is 0 Å². The normalized spacial score (nSPS) is 19.1. The van der Waals surface area contributed by atoms with Crippen LogP contribution in [0.5, 0.6) is 0 Å². The third-order valence-electron chi connectivity index (χ3n) is 3.38. The summed E-state index contributed by atoms with van der Waals surface area (Å²) in [6.45, 7) is 5.75. The molecule has 88 valence electrons. The Balaban J connectivity index is 2.40. The van der Waals surface area contributed by atoms with Crippen molar-refractivity contribution in [2.75, 3.05) is 11.4 Å². The molecule has 1 aliphatic rings. The van der Waals surface area contributed by atoms with Crippen molar-refractivity contribution in [3.05, 3.63) is 28.2 Å². The fourth-order valence-corrected chi connectivity index (χ4v) is 3.10. The molecule has 0 amide bonds. The zero-order chi connectivity index (χ0) is 11.8. The molecule has 0 aliphatic carbocycles. The van der Waals surface area contributed by atoms with E-state index in [1.165, 1.54) is 24.1 Å². The molecule has 1 aliphatic heterocycles. The predicted molar refractivity (Wildman–Crippen MR) is 74.4 cm³/mol. The number of hydrogen-bond acceptors (Lipinski definition) is 1. The summed E-state index contributed by atoms with van der Waals surface area (Å²) >= 11 is 9.53. The molecule has 0 spiro atoms. The smallest absolute Gasteiger partial charge is 0.0494 e. The number of alkyl halides is 1. The van der Waals surface area contributed by atoms with E-state index in [2.05, 4.69) is 52.9 Å². The Bertz CT molecular complexity index is 390. The summed E-state index contributed by atoms with van der Waals surface area (Å²) in [5.41, 5.74) is 2.76. The van der Waals surface area contributed by atoms with E-state index >= 15 is 0 Å². The standard InChI is InChI=1S/C13H17BrClN/c1-13(2)6-3-7-16(13)12-5-4-11(14)8-10(12)9-15/h4-5,8H,3,6-7,9H2,1-2H3. The summed E-state index contributed by atoms with van der Waals surface area (Å²) in [7, 11) is 0. The molecule has 0 bridgehead atoms. The molecule has 1 saturated heterocycles. The molecular formula is C13H17BrClN. The number of anilines is 1. The first kappa shape index (κ1) is 12.3. The van der Waals surface area contributed by atoms with Crippen LogP contribution in [0.25, 0.3) is 0 Å². The third-order valence-corrected chi connectivity index (χ3v) is 4.16. The minimum absolute atomic E-state index is 0.259. The van der Waals surface area contributed by atoms with Gasteiger partial charge in [-0.15, -0.1) is 11.6 Å². The molecule has 1 heterocycles. The number of halogens is 2. The van der Waals surface area contributed by atoms with Crippen LogP contribution in [0.15, 0.2) is 22.7 Å². The topological polar surface area (TPSA) is 3.24 Å². The molecule has 0 N–H and O–H groups in total. The Morgan fingerprint density at radius 3 is 2.75 bits per heavy atom. The van der Waals surface area contributed by atoms with Gasteiger partial charge in [0, 0.05) is 28.1 Å². The minimum Gasteiger partial charge on any atom is -0.366 e. The van der Waals surface area contributed by atoms with Gasteiger partial charge in [-0.25, -0.2) is 0 Å². The lowest BCUT2D eigenvalue weighted by Crippen LogP contribution is -2.38. The van der Waals surface area contributed by atoms with Crippen molar-refractivity contribution < 1.29 is 0 Å². The summed E-state index contributed by atoms with van der Waals surface area (Å²) in [4.78, 5) is 2.48. The van der Waals surface area contributed by atoms with Crippen LogP contribution in [0, 0.1) is 0 Å². The average molecular weight is 303 g/mol. The zero-order valence-corrected chi connectivity index (χ0v) is 12.1. The molecular weight excluding hydrogens is 286 g/mol. The highest BCUT2D eigenvalue weighted by Crippen LogP contribution is 2.36. The Hall–Kier alpha value is -0.210. The average Bonchev–Trinajstić information content (AvgIpc) is 2.58. The second kappa shape index (κ2) is 4.58. The highest BCUT2D eigenvalue weighted by molar-refractivity contribution is 9.10. The second-order valence-corrected chi connectivity index (χ2v) is 6.16. The molecule has 0 atom stereocenters. The SMILES string of the molecule is CC1(C)CCCN1c1ccc(Br)cc1CCl. The van der Waals surface area contributed by atoms with Crippen LogP contribution in [0.3, 0.4) is 0 Å². The van der Waals surface area contributed by atoms with Crippen molar-refractivity contribution in [3.8, 4) is 0 Å².